The number of amides is 1. The lowest BCUT2D eigenvalue weighted by Crippen LogP contribution is -2.47. The second-order valence-corrected chi connectivity index (χ2v) is 4.70. The first kappa shape index (κ1) is 13.0. The number of morpholine rings is 1. The largest absolute Gasteiger partial charge is 0.376 e. The molecule has 94 valence electrons. The second kappa shape index (κ2) is 5.46. The second-order valence-electron chi connectivity index (χ2n) is 3.85. The van der Waals surface area contributed by atoms with Crippen molar-refractivity contribution < 1.29 is 13.9 Å². The Labute approximate surface area is 112 Å². The summed E-state index contributed by atoms with van der Waals surface area (Å²) in [4.78, 5) is 13.7. The van der Waals surface area contributed by atoms with Crippen molar-refractivity contribution in [3.63, 3.8) is 0 Å². The summed E-state index contributed by atoms with van der Waals surface area (Å²) in [7, 11) is 0. The summed E-state index contributed by atoms with van der Waals surface area (Å²) in [6.07, 6.45) is 0. The Kier molecular flexibility index (Phi) is 3.94. The molecule has 1 amide bonds. The van der Waals surface area contributed by atoms with Gasteiger partial charge in [-0.1, -0.05) is 0 Å². The van der Waals surface area contributed by atoms with Crippen LogP contribution in [0.3, 0.4) is 0 Å². The van der Waals surface area contributed by atoms with Crippen molar-refractivity contribution in [2.24, 2.45) is 0 Å². The number of halogens is 2. The van der Waals surface area contributed by atoms with E-state index in [9.17, 15) is 9.18 Å². The SMILES string of the molecule is N#C[C@H]1COCCN1C(=O)c1ccc(F)c(Br)c1. The monoisotopic (exact) mass is 312 g/mol. The molecular formula is C12H10BrFN2O2. The number of hydrogen-bond acceptors (Lipinski definition) is 3. The molecule has 0 N–H and O–H groups in total. The molecule has 0 spiro atoms. The summed E-state index contributed by atoms with van der Waals surface area (Å²) in [5, 5.41) is 8.96. The molecule has 0 saturated carbocycles. The van der Waals surface area contributed by atoms with Crippen LogP contribution in [0.4, 0.5) is 4.39 Å². The van der Waals surface area contributed by atoms with Gasteiger partial charge in [0, 0.05) is 12.1 Å². The van der Waals surface area contributed by atoms with E-state index in [-0.39, 0.29) is 17.0 Å². The van der Waals surface area contributed by atoms with Crippen LogP contribution in [0.1, 0.15) is 10.4 Å². The minimum Gasteiger partial charge on any atom is -0.376 e. The summed E-state index contributed by atoms with van der Waals surface area (Å²) in [6, 6.07) is 5.49. The molecule has 0 aromatic heterocycles. The van der Waals surface area contributed by atoms with Gasteiger partial charge in [-0.05, 0) is 34.1 Å². The van der Waals surface area contributed by atoms with Gasteiger partial charge >= 0.3 is 0 Å². The highest BCUT2D eigenvalue weighted by molar-refractivity contribution is 9.10. The molecule has 1 heterocycles. The molecule has 0 unspecified atom stereocenters. The Balaban J connectivity index is 2.24. The number of benzene rings is 1. The number of nitriles is 1. The zero-order valence-corrected chi connectivity index (χ0v) is 11.0. The van der Waals surface area contributed by atoms with E-state index in [1.54, 1.807) is 0 Å². The molecule has 1 atom stereocenters. The zero-order valence-electron chi connectivity index (χ0n) is 9.40. The fourth-order valence-electron chi connectivity index (χ4n) is 1.75. The molecule has 4 nitrogen and oxygen atoms in total. The number of rotatable bonds is 1. The van der Waals surface area contributed by atoms with E-state index in [1.807, 2.05) is 6.07 Å². The standard InChI is InChI=1S/C12H10BrFN2O2/c13-10-5-8(1-2-11(10)14)12(17)16-3-4-18-7-9(16)6-15/h1-2,5,9H,3-4,7H2/t9-/m0/s1. The third kappa shape index (κ3) is 2.52. The Morgan fingerprint density at radius 3 is 3.06 bits per heavy atom. The van der Waals surface area contributed by atoms with Gasteiger partial charge in [-0.25, -0.2) is 4.39 Å². The first-order valence-electron chi connectivity index (χ1n) is 5.37. The molecule has 18 heavy (non-hydrogen) atoms. The molecule has 2 rings (SSSR count). The van der Waals surface area contributed by atoms with Gasteiger partial charge in [-0.15, -0.1) is 0 Å². The molecule has 1 aromatic rings. The Morgan fingerprint density at radius 1 is 1.61 bits per heavy atom. The minimum atomic E-state index is -0.588. The maximum atomic E-state index is 13.1. The summed E-state index contributed by atoms with van der Waals surface area (Å²) < 4.78 is 18.5. The highest BCUT2D eigenvalue weighted by atomic mass is 79.9. The van der Waals surface area contributed by atoms with Crippen LogP contribution < -0.4 is 0 Å². The number of carbonyl (C=O) groups excluding carboxylic acids is 1. The molecule has 1 saturated heterocycles. The van der Waals surface area contributed by atoms with Gasteiger partial charge in [-0.3, -0.25) is 4.79 Å². The summed E-state index contributed by atoms with van der Waals surface area (Å²) >= 11 is 3.04. The van der Waals surface area contributed by atoms with Crippen molar-refractivity contribution in [2.45, 2.75) is 6.04 Å². The van der Waals surface area contributed by atoms with Crippen molar-refractivity contribution >= 4 is 21.8 Å². The number of carbonyl (C=O) groups is 1. The third-order valence-corrected chi connectivity index (χ3v) is 3.31. The van der Waals surface area contributed by atoms with Crippen LogP contribution >= 0.6 is 15.9 Å². The van der Waals surface area contributed by atoms with E-state index in [1.165, 1.54) is 23.1 Å². The van der Waals surface area contributed by atoms with Crippen LogP contribution in [-0.4, -0.2) is 36.6 Å². The molecule has 0 aliphatic carbocycles. The van der Waals surface area contributed by atoms with Crippen LogP contribution in [0, 0.1) is 17.1 Å². The topological polar surface area (TPSA) is 53.3 Å². The van der Waals surface area contributed by atoms with Crippen molar-refractivity contribution in [1.82, 2.24) is 4.90 Å². The fourth-order valence-corrected chi connectivity index (χ4v) is 2.13. The number of nitrogens with zero attached hydrogens (tertiary/aromatic N) is 2. The minimum absolute atomic E-state index is 0.213. The van der Waals surface area contributed by atoms with Crippen molar-refractivity contribution in [3.8, 4) is 6.07 Å². The maximum Gasteiger partial charge on any atom is 0.255 e. The lowest BCUT2D eigenvalue weighted by molar-refractivity contribution is 0.0132. The van der Waals surface area contributed by atoms with E-state index in [2.05, 4.69) is 15.9 Å². The third-order valence-electron chi connectivity index (χ3n) is 2.70. The predicted molar refractivity (Wildman–Crippen MR) is 65.4 cm³/mol. The molecular weight excluding hydrogens is 303 g/mol. The quantitative estimate of drug-likeness (QED) is 0.796. The predicted octanol–water partition coefficient (Wildman–Crippen LogP) is 1.95. The summed E-state index contributed by atoms with van der Waals surface area (Å²) in [6.45, 7) is 0.989. The first-order valence-corrected chi connectivity index (χ1v) is 6.16. The lowest BCUT2D eigenvalue weighted by Gasteiger charge is -2.31. The number of ether oxygens (including phenoxy) is 1. The van der Waals surface area contributed by atoms with Gasteiger partial charge in [0.15, 0.2) is 0 Å². The van der Waals surface area contributed by atoms with Crippen LogP contribution in [-0.2, 0) is 4.74 Å². The van der Waals surface area contributed by atoms with Crippen LogP contribution in [0.25, 0.3) is 0 Å². The van der Waals surface area contributed by atoms with Gasteiger partial charge in [0.25, 0.3) is 5.91 Å². The zero-order chi connectivity index (χ0) is 13.1. The van der Waals surface area contributed by atoms with Gasteiger partial charge < -0.3 is 9.64 Å². The van der Waals surface area contributed by atoms with E-state index in [4.69, 9.17) is 10.00 Å². The highest BCUT2D eigenvalue weighted by Crippen LogP contribution is 2.19. The molecule has 1 aromatic carbocycles. The van der Waals surface area contributed by atoms with Crippen molar-refractivity contribution in [3.05, 3.63) is 34.1 Å². The molecule has 1 aliphatic rings. The Bertz CT molecular complexity index is 515. The van der Waals surface area contributed by atoms with Gasteiger partial charge in [0.1, 0.15) is 11.9 Å². The van der Waals surface area contributed by atoms with Crippen molar-refractivity contribution in [2.75, 3.05) is 19.8 Å². The van der Waals surface area contributed by atoms with Gasteiger partial charge in [0.2, 0.25) is 0 Å². The van der Waals surface area contributed by atoms with Gasteiger partial charge in [0.05, 0.1) is 23.8 Å². The summed E-state index contributed by atoms with van der Waals surface area (Å²) in [5.74, 6) is -0.712. The Hall–Kier alpha value is -1.45. The van der Waals surface area contributed by atoms with Crippen LogP contribution in [0.15, 0.2) is 22.7 Å². The van der Waals surface area contributed by atoms with E-state index in [0.717, 1.165) is 0 Å². The maximum absolute atomic E-state index is 13.1. The summed E-state index contributed by atoms with van der Waals surface area (Å²) in [5.41, 5.74) is 0.352. The molecule has 0 bridgehead atoms. The van der Waals surface area contributed by atoms with E-state index >= 15 is 0 Å². The van der Waals surface area contributed by atoms with E-state index in [0.29, 0.717) is 18.7 Å². The van der Waals surface area contributed by atoms with Gasteiger partial charge in [-0.2, -0.15) is 5.26 Å². The fraction of sp³-hybridized carbons (Fsp3) is 0.333. The van der Waals surface area contributed by atoms with Crippen molar-refractivity contribution in [1.29, 1.82) is 5.26 Å². The molecule has 1 aliphatic heterocycles. The molecule has 0 radical (unpaired) electrons. The van der Waals surface area contributed by atoms with Crippen LogP contribution in [0.5, 0.6) is 0 Å². The number of hydrogen-bond donors (Lipinski definition) is 0. The lowest BCUT2D eigenvalue weighted by atomic mass is 10.1. The average Bonchev–Trinajstić information content (AvgIpc) is 2.41. The van der Waals surface area contributed by atoms with Crippen LogP contribution in [0.2, 0.25) is 0 Å². The molecule has 1 fully saturated rings. The highest BCUT2D eigenvalue weighted by Gasteiger charge is 2.28. The normalized spacial score (nSPS) is 19.4. The van der Waals surface area contributed by atoms with E-state index < -0.39 is 11.9 Å². The average molecular weight is 313 g/mol. The smallest absolute Gasteiger partial charge is 0.255 e. The first-order chi connectivity index (χ1) is 8.63. The Morgan fingerprint density at radius 2 is 2.39 bits per heavy atom. The molecule has 6 heteroatoms.